The number of likely N-dealkylation sites (tertiary alicyclic amines) is 1. The molecule has 4 heteroatoms. The lowest BCUT2D eigenvalue weighted by molar-refractivity contribution is 0.152. The van der Waals surface area contributed by atoms with E-state index in [-0.39, 0.29) is 6.61 Å². The summed E-state index contributed by atoms with van der Waals surface area (Å²) in [5, 5.41) is 9.20. The van der Waals surface area contributed by atoms with Gasteiger partial charge in [-0.25, -0.2) is 4.98 Å². The summed E-state index contributed by atoms with van der Waals surface area (Å²) in [5.41, 5.74) is 0.927. The van der Waals surface area contributed by atoms with E-state index in [9.17, 15) is 5.11 Å². The first-order valence-electron chi connectivity index (χ1n) is 5.52. The van der Waals surface area contributed by atoms with E-state index in [1.54, 1.807) is 6.20 Å². The third-order valence-electron chi connectivity index (χ3n) is 3.33. The molecule has 0 aromatic carbocycles. The first-order chi connectivity index (χ1) is 7.22. The van der Waals surface area contributed by atoms with Crippen molar-refractivity contribution in [3.05, 3.63) is 18.2 Å². The molecule has 4 nitrogen and oxygen atoms in total. The van der Waals surface area contributed by atoms with Crippen molar-refractivity contribution >= 4 is 0 Å². The number of aliphatic hydroxyl groups excluding tert-OH is 1. The maximum absolute atomic E-state index is 9.20. The van der Waals surface area contributed by atoms with Gasteiger partial charge in [-0.3, -0.25) is 0 Å². The maximum atomic E-state index is 9.20. The molecule has 1 N–H and O–H groups in total. The van der Waals surface area contributed by atoms with Gasteiger partial charge in [0.05, 0.1) is 24.8 Å². The van der Waals surface area contributed by atoms with Gasteiger partial charge in [0.2, 0.25) is 0 Å². The third-order valence-corrected chi connectivity index (χ3v) is 3.33. The highest BCUT2D eigenvalue weighted by Crippen LogP contribution is 2.28. The zero-order valence-electron chi connectivity index (χ0n) is 9.43. The molecular formula is C11H19N3O. The Morgan fingerprint density at radius 1 is 1.60 bits per heavy atom. The fourth-order valence-corrected chi connectivity index (χ4v) is 2.51. The molecule has 0 amide bonds. The molecule has 0 radical (unpaired) electrons. The average molecular weight is 209 g/mol. The predicted octanol–water partition coefficient (Wildman–Crippen LogP) is 0.888. The van der Waals surface area contributed by atoms with Gasteiger partial charge in [-0.05, 0) is 25.9 Å². The van der Waals surface area contributed by atoms with Crippen LogP contribution in [0.3, 0.4) is 0 Å². The van der Waals surface area contributed by atoms with E-state index in [0.717, 1.165) is 25.2 Å². The Bertz CT molecular complexity index is 323. The quantitative estimate of drug-likeness (QED) is 0.786. The second kappa shape index (κ2) is 4.33. The molecule has 2 unspecified atom stereocenters. The Balaban J connectivity index is 2.16. The fourth-order valence-electron chi connectivity index (χ4n) is 2.51. The summed E-state index contributed by atoms with van der Waals surface area (Å²) in [6.07, 6.45) is 4.74. The molecule has 1 aliphatic heterocycles. The van der Waals surface area contributed by atoms with Crippen LogP contribution in [-0.2, 0) is 6.61 Å². The second-order valence-corrected chi connectivity index (χ2v) is 4.55. The lowest BCUT2D eigenvalue weighted by atomic mass is 9.94. The molecule has 1 saturated heterocycles. The largest absolute Gasteiger partial charge is 0.390 e. The highest BCUT2D eigenvalue weighted by atomic mass is 16.3. The number of imidazole rings is 1. The van der Waals surface area contributed by atoms with E-state index in [4.69, 9.17) is 0 Å². The summed E-state index contributed by atoms with van der Waals surface area (Å²) in [6, 6.07) is 0.492. The van der Waals surface area contributed by atoms with Crippen molar-refractivity contribution in [2.24, 2.45) is 5.92 Å². The standard InChI is InChI=1S/C11H19N3O/c1-9-6-13(2)4-3-11(9)14-8-12-5-10(14)7-15/h5,8-9,11,15H,3-4,6-7H2,1-2H3. The average Bonchev–Trinajstić information content (AvgIpc) is 2.65. The molecule has 0 aliphatic carbocycles. The van der Waals surface area contributed by atoms with Crippen LogP contribution in [0.1, 0.15) is 25.1 Å². The molecule has 1 aliphatic rings. The van der Waals surface area contributed by atoms with Crippen LogP contribution in [0.2, 0.25) is 0 Å². The lowest BCUT2D eigenvalue weighted by Gasteiger charge is -2.36. The van der Waals surface area contributed by atoms with Crippen molar-refractivity contribution in [2.45, 2.75) is 26.0 Å². The van der Waals surface area contributed by atoms with Gasteiger partial charge < -0.3 is 14.6 Å². The van der Waals surface area contributed by atoms with Crippen LogP contribution in [0, 0.1) is 5.92 Å². The van der Waals surface area contributed by atoms with Crippen LogP contribution in [-0.4, -0.2) is 39.7 Å². The van der Waals surface area contributed by atoms with Gasteiger partial charge in [0.15, 0.2) is 0 Å². The van der Waals surface area contributed by atoms with Gasteiger partial charge in [0, 0.05) is 12.6 Å². The number of hydrogen-bond donors (Lipinski definition) is 1. The van der Waals surface area contributed by atoms with E-state index in [1.165, 1.54) is 0 Å². The Hall–Kier alpha value is -0.870. The number of aromatic nitrogens is 2. The molecule has 1 aromatic rings. The second-order valence-electron chi connectivity index (χ2n) is 4.55. The minimum Gasteiger partial charge on any atom is -0.390 e. The fraction of sp³-hybridized carbons (Fsp3) is 0.727. The first kappa shape index (κ1) is 10.6. The number of piperidine rings is 1. The molecule has 15 heavy (non-hydrogen) atoms. The predicted molar refractivity (Wildman–Crippen MR) is 58.5 cm³/mol. The van der Waals surface area contributed by atoms with Gasteiger partial charge >= 0.3 is 0 Å². The molecule has 2 rings (SSSR count). The van der Waals surface area contributed by atoms with Crippen LogP contribution in [0.25, 0.3) is 0 Å². The topological polar surface area (TPSA) is 41.3 Å². The van der Waals surface area contributed by atoms with E-state index in [0.29, 0.717) is 12.0 Å². The highest BCUT2D eigenvalue weighted by Gasteiger charge is 2.26. The van der Waals surface area contributed by atoms with Crippen molar-refractivity contribution in [1.82, 2.24) is 14.5 Å². The van der Waals surface area contributed by atoms with Crippen LogP contribution >= 0.6 is 0 Å². The molecule has 0 spiro atoms. The summed E-state index contributed by atoms with van der Waals surface area (Å²) in [5.74, 6) is 0.614. The van der Waals surface area contributed by atoms with Gasteiger partial charge in [-0.1, -0.05) is 6.92 Å². The molecule has 0 bridgehead atoms. The van der Waals surface area contributed by atoms with Crippen LogP contribution in [0.4, 0.5) is 0 Å². The third kappa shape index (κ3) is 2.06. The lowest BCUT2D eigenvalue weighted by Crippen LogP contribution is -2.38. The minimum atomic E-state index is 0.0824. The van der Waals surface area contributed by atoms with Crippen molar-refractivity contribution < 1.29 is 5.11 Å². The van der Waals surface area contributed by atoms with E-state index >= 15 is 0 Å². The molecule has 84 valence electrons. The molecule has 1 aromatic heterocycles. The molecule has 2 heterocycles. The first-order valence-corrected chi connectivity index (χ1v) is 5.52. The van der Waals surface area contributed by atoms with Crippen LogP contribution in [0.5, 0.6) is 0 Å². The summed E-state index contributed by atoms with van der Waals surface area (Å²) >= 11 is 0. The summed E-state index contributed by atoms with van der Waals surface area (Å²) in [4.78, 5) is 6.47. The number of rotatable bonds is 2. The Morgan fingerprint density at radius 3 is 3.07 bits per heavy atom. The van der Waals surface area contributed by atoms with Crippen molar-refractivity contribution in [1.29, 1.82) is 0 Å². The van der Waals surface area contributed by atoms with Crippen LogP contribution in [0.15, 0.2) is 12.5 Å². The van der Waals surface area contributed by atoms with Crippen molar-refractivity contribution in [3.8, 4) is 0 Å². The number of hydrogen-bond acceptors (Lipinski definition) is 3. The molecule has 1 fully saturated rings. The van der Waals surface area contributed by atoms with Crippen LogP contribution < -0.4 is 0 Å². The van der Waals surface area contributed by atoms with Gasteiger partial charge in [0.1, 0.15) is 0 Å². The van der Waals surface area contributed by atoms with Gasteiger partial charge in [-0.2, -0.15) is 0 Å². The van der Waals surface area contributed by atoms with Crippen molar-refractivity contribution in [3.63, 3.8) is 0 Å². The van der Waals surface area contributed by atoms with Gasteiger partial charge in [-0.15, -0.1) is 0 Å². The van der Waals surface area contributed by atoms with Crippen molar-refractivity contribution in [2.75, 3.05) is 20.1 Å². The monoisotopic (exact) mass is 209 g/mol. The Kier molecular flexibility index (Phi) is 3.07. The van der Waals surface area contributed by atoms with Gasteiger partial charge in [0.25, 0.3) is 0 Å². The maximum Gasteiger partial charge on any atom is 0.0951 e. The normalized spacial score (nSPS) is 28.2. The molecular weight excluding hydrogens is 190 g/mol. The van der Waals surface area contributed by atoms with E-state index < -0.39 is 0 Å². The number of nitrogens with zero attached hydrogens (tertiary/aromatic N) is 3. The summed E-state index contributed by atoms with van der Waals surface area (Å²) < 4.78 is 2.14. The summed E-state index contributed by atoms with van der Waals surface area (Å²) in [7, 11) is 2.16. The number of aliphatic hydroxyl groups is 1. The SMILES string of the molecule is CC1CN(C)CCC1n1cncc1CO. The van der Waals surface area contributed by atoms with E-state index in [1.807, 2.05) is 6.33 Å². The molecule has 2 atom stereocenters. The zero-order chi connectivity index (χ0) is 10.8. The highest BCUT2D eigenvalue weighted by molar-refractivity contribution is 5.00. The minimum absolute atomic E-state index is 0.0824. The molecule has 0 saturated carbocycles. The summed E-state index contributed by atoms with van der Waals surface area (Å²) in [6.45, 7) is 4.59. The Labute approximate surface area is 90.5 Å². The zero-order valence-corrected chi connectivity index (χ0v) is 9.43. The smallest absolute Gasteiger partial charge is 0.0951 e. The van der Waals surface area contributed by atoms with E-state index in [2.05, 4.69) is 28.4 Å². The Morgan fingerprint density at radius 2 is 2.40 bits per heavy atom.